The summed E-state index contributed by atoms with van der Waals surface area (Å²) >= 11 is 3.13. The Hall–Kier alpha value is -1.69. The van der Waals surface area contributed by atoms with Crippen molar-refractivity contribution in [1.29, 1.82) is 0 Å². The van der Waals surface area contributed by atoms with Crippen molar-refractivity contribution in [2.75, 3.05) is 0 Å². The topological polar surface area (TPSA) is 61.0 Å². The van der Waals surface area contributed by atoms with Crippen LogP contribution in [0.2, 0.25) is 0 Å². The number of nitro groups is 1. The van der Waals surface area contributed by atoms with Gasteiger partial charge >= 0.3 is 5.82 Å². The van der Waals surface area contributed by atoms with Crippen molar-refractivity contribution in [1.82, 2.24) is 9.78 Å². The van der Waals surface area contributed by atoms with Gasteiger partial charge in [-0.05, 0) is 38.4 Å². The molecule has 94 valence electrons. The lowest BCUT2D eigenvalue weighted by molar-refractivity contribution is -0.390. The molecule has 0 saturated carbocycles. The zero-order chi connectivity index (χ0) is 13.1. The van der Waals surface area contributed by atoms with Crippen LogP contribution < -0.4 is 0 Å². The monoisotopic (exact) mass is 309 g/mol. The number of halogens is 1. The lowest BCUT2D eigenvalue weighted by Crippen LogP contribution is -2.01. The van der Waals surface area contributed by atoms with Crippen LogP contribution in [-0.4, -0.2) is 14.7 Å². The van der Waals surface area contributed by atoms with Gasteiger partial charge in [0.05, 0.1) is 17.8 Å². The zero-order valence-corrected chi connectivity index (χ0v) is 11.4. The second-order valence-electron chi connectivity index (χ2n) is 3.93. The van der Waals surface area contributed by atoms with Crippen LogP contribution in [-0.2, 0) is 13.0 Å². The van der Waals surface area contributed by atoms with Crippen molar-refractivity contribution in [3.8, 4) is 0 Å². The van der Waals surface area contributed by atoms with Gasteiger partial charge in [0.1, 0.15) is 4.47 Å². The van der Waals surface area contributed by atoms with Crippen LogP contribution in [0.1, 0.15) is 18.1 Å². The molecule has 5 nitrogen and oxygen atoms in total. The Kier molecular flexibility index (Phi) is 3.76. The minimum absolute atomic E-state index is 0.153. The zero-order valence-electron chi connectivity index (χ0n) is 9.84. The van der Waals surface area contributed by atoms with E-state index in [0.29, 0.717) is 11.0 Å². The Bertz CT molecular complexity index is 563. The number of hydrogen-bond acceptors (Lipinski definition) is 3. The average molecular weight is 310 g/mol. The number of aromatic nitrogens is 2. The van der Waals surface area contributed by atoms with E-state index in [4.69, 9.17) is 0 Å². The summed E-state index contributed by atoms with van der Waals surface area (Å²) in [5.74, 6) is -0.153. The number of hydrogen-bond donors (Lipinski definition) is 0. The van der Waals surface area contributed by atoms with Crippen LogP contribution >= 0.6 is 15.9 Å². The van der Waals surface area contributed by atoms with Crippen LogP contribution in [0, 0.1) is 10.1 Å². The van der Waals surface area contributed by atoms with Gasteiger partial charge in [0.15, 0.2) is 0 Å². The molecule has 0 aliphatic carbocycles. The predicted molar refractivity (Wildman–Crippen MR) is 71.5 cm³/mol. The van der Waals surface area contributed by atoms with E-state index in [1.54, 1.807) is 10.9 Å². The SMILES string of the molecule is CCc1ccc(Cn2cc(Br)c([N+](=O)[O-])n2)cc1. The second-order valence-corrected chi connectivity index (χ2v) is 4.78. The molecule has 0 saturated heterocycles. The summed E-state index contributed by atoms with van der Waals surface area (Å²) in [4.78, 5) is 10.2. The van der Waals surface area contributed by atoms with E-state index >= 15 is 0 Å². The predicted octanol–water partition coefficient (Wildman–Crippen LogP) is 3.16. The van der Waals surface area contributed by atoms with E-state index in [-0.39, 0.29) is 5.82 Å². The first kappa shape index (κ1) is 12.8. The molecule has 0 radical (unpaired) electrons. The van der Waals surface area contributed by atoms with Gasteiger partial charge in [-0.3, -0.25) is 0 Å². The van der Waals surface area contributed by atoms with E-state index in [1.165, 1.54) is 5.56 Å². The molecule has 0 atom stereocenters. The van der Waals surface area contributed by atoms with Gasteiger partial charge in [-0.2, -0.15) is 4.68 Å². The molecule has 2 rings (SSSR count). The molecule has 6 heteroatoms. The third-order valence-corrected chi connectivity index (χ3v) is 3.21. The number of benzene rings is 1. The molecule has 0 aliphatic heterocycles. The maximum atomic E-state index is 10.7. The van der Waals surface area contributed by atoms with Crippen LogP contribution in [0.4, 0.5) is 5.82 Å². The van der Waals surface area contributed by atoms with Crippen molar-refractivity contribution in [2.24, 2.45) is 0 Å². The molecule has 0 unspecified atom stereocenters. The van der Waals surface area contributed by atoms with Crippen LogP contribution in [0.3, 0.4) is 0 Å². The summed E-state index contributed by atoms with van der Waals surface area (Å²) in [5, 5.41) is 14.6. The molecular weight excluding hydrogens is 298 g/mol. The lowest BCUT2D eigenvalue weighted by atomic mass is 10.1. The fourth-order valence-corrected chi connectivity index (χ4v) is 2.12. The van der Waals surface area contributed by atoms with Gasteiger partial charge in [-0.1, -0.05) is 31.2 Å². The van der Waals surface area contributed by atoms with Gasteiger partial charge in [0.25, 0.3) is 0 Å². The Balaban J connectivity index is 2.18. The first-order valence-electron chi connectivity index (χ1n) is 5.55. The largest absolute Gasteiger partial charge is 0.404 e. The lowest BCUT2D eigenvalue weighted by Gasteiger charge is -2.00. The fraction of sp³-hybridized carbons (Fsp3) is 0.250. The molecular formula is C12H12BrN3O2. The number of aryl methyl sites for hydroxylation is 1. The van der Waals surface area contributed by atoms with E-state index < -0.39 is 4.92 Å². The summed E-state index contributed by atoms with van der Waals surface area (Å²) in [6, 6.07) is 8.14. The summed E-state index contributed by atoms with van der Waals surface area (Å²) in [6.45, 7) is 2.62. The summed E-state index contributed by atoms with van der Waals surface area (Å²) in [5.41, 5.74) is 2.34. The number of rotatable bonds is 4. The smallest absolute Gasteiger partial charge is 0.358 e. The van der Waals surface area contributed by atoms with E-state index in [2.05, 4.69) is 40.1 Å². The molecule has 0 fully saturated rings. The third kappa shape index (κ3) is 2.76. The molecule has 0 aliphatic rings. The van der Waals surface area contributed by atoms with E-state index in [0.717, 1.165) is 12.0 Å². The average Bonchev–Trinajstić information content (AvgIpc) is 2.71. The first-order chi connectivity index (χ1) is 8.60. The minimum atomic E-state index is -0.499. The van der Waals surface area contributed by atoms with Crippen molar-refractivity contribution >= 4 is 21.7 Å². The van der Waals surface area contributed by atoms with Crippen LogP contribution in [0.5, 0.6) is 0 Å². The van der Waals surface area contributed by atoms with Crippen molar-refractivity contribution < 1.29 is 4.92 Å². The highest BCUT2D eigenvalue weighted by Crippen LogP contribution is 2.22. The Morgan fingerprint density at radius 2 is 1.94 bits per heavy atom. The fourth-order valence-electron chi connectivity index (χ4n) is 1.66. The van der Waals surface area contributed by atoms with E-state index in [9.17, 15) is 10.1 Å². The molecule has 0 amide bonds. The molecule has 1 aromatic heterocycles. The van der Waals surface area contributed by atoms with Gasteiger partial charge < -0.3 is 10.1 Å². The number of nitrogens with zero attached hydrogens (tertiary/aromatic N) is 3. The highest BCUT2D eigenvalue weighted by Gasteiger charge is 2.18. The summed E-state index contributed by atoms with van der Waals surface area (Å²) < 4.78 is 1.96. The molecule has 0 bridgehead atoms. The van der Waals surface area contributed by atoms with Gasteiger partial charge in [-0.25, -0.2) is 0 Å². The normalized spacial score (nSPS) is 10.6. The molecule has 0 N–H and O–H groups in total. The maximum absolute atomic E-state index is 10.7. The third-order valence-electron chi connectivity index (χ3n) is 2.65. The highest BCUT2D eigenvalue weighted by atomic mass is 79.9. The van der Waals surface area contributed by atoms with Crippen molar-refractivity contribution in [3.63, 3.8) is 0 Å². The molecule has 18 heavy (non-hydrogen) atoms. The Morgan fingerprint density at radius 3 is 2.44 bits per heavy atom. The van der Waals surface area contributed by atoms with Crippen molar-refractivity contribution in [3.05, 3.63) is 56.2 Å². The quantitative estimate of drug-likeness (QED) is 0.644. The summed E-state index contributed by atoms with van der Waals surface area (Å²) in [7, 11) is 0. The van der Waals surface area contributed by atoms with E-state index in [1.807, 2.05) is 12.1 Å². The van der Waals surface area contributed by atoms with Gasteiger partial charge in [-0.15, -0.1) is 0 Å². The minimum Gasteiger partial charge on any atom is -0.358 e. The van der Waals surface area contributed by atoms with Crippen molar-refractivity contribution in [2.45, 2.75) is 19.9 Å². The van der Waals surface area contributed by atoms with Crippen LogP contribution in [0.25, 0.3) is 0 Å². The highest BCUT2D eigenvalue weighted by molar-refractivity contribution is 9.10. The maximum Gasteiger partial charge on any atom is 0.404 e. The molecule has 1 heterocycles. The Morgan fingerprint density at radius 1 is 1.33 bits per heavy atom. The molecule has 0 spiro atoms. The van der Waals surface area contributed by atoms with Crippen LogP contribution in [0.15, 0.2) is 34.9 Å². The Labute approximate surface area is 113 Å². The first-order valence-corrected chi connectivity index (χ1v) is 6.34. The van der Waals surface area contributed by atoms with Gasteiger partial charge in [0, 0.05) is 0 Å². The molecule has 2 aromatic rings. The summed E-state index contributed by atoms with van der Waals surface area (Å²) in [6.07, 6.45) is 2.62. The second kappa shape index (κ2) is 5.30. The van der Waals surface area contributed by atoms with Gasteiger partial charge in [0.2, 0.25) is 0 Å². The molecule has 1 aromatic carbocycles. The standard InChI is InChI=1S/C12H12BrN3O2/c1-2-9-3-5-10(6-4-9)7-15-8-11(13)12(14-15)16(17)18/h3-6,8H,2,7H2,1H3.